The SMILES string of the molecule is CC[C@H]1CN(c2nc(N)c(-c3nnc(C)o3)nc2Cl)CCN1C1CCN(Cc2ccc(Cl)cc2-c2nn[nH]n2)CC1. The second kappa shape index (κ2) is 11.8. The first-order valence-electron chi connectivity index (χ1n) is 13.8. The number of H-pyrrole nitrogens is 1. The van der Waals surface area contributed by atoms with Crippen LogP contribution in [0.1, 0.15) is 37.6 Å². The fourth-order valence-corrected chi connectivity index (χ4v) is 6.31. The summed E-state index contributed by atoms with van der Waals surface area (Å²) in [5.41, 5.74) is 8.61. The molecule has 5 heterocycles. The molecule has 0 saturated carbocycles. The maximum atomic E-state index is 6.60. The largest absolute Gasteiger partial charge is 0.420 e. The summed E-state index contributed by atoms with van der Waals surface area (Å²) in [6, 6.07) is 6.78. The van der Waals surface area contributed by atoms with E-state index < -0.39 is 0 Å². The zero-order valence-corrected chi connectivity index (χ0v) is 24.5. The van der Waals surface area contributed by atoms with Crippen molar-refractivity contribution < 1.29 is 4.42 Å². The molecule has 0 amide bonds. The number of nitrogens with zero attached hydrogens (tertiary/aromatic N) is 10. The molecule has 1 atom stereocenters. The number of piperazine rings is 1. The van der Waals surface area contributed by atoms with Crippen molar-refractivity contribution in [2.24, 2.45) is 0 Å². The predicted octanol–water partition coefficient (Wildman–Crippen LogP) is 3.47. The number of likely N-dealkylation sites (tertiary alicyclic amines) is 1. The third-order valence-corrected chi connectivity index (χ3v) is 8.46. The van der Waals surface area contributed by atoms with E-state index in [1.807, 2.05) is 12.1 Å². The summed E-state index contributed by atoms with van der Waals surface area (Å²) in [7, 11) is 0. The minimum absolute atomic E-state index is 0.214. The fraction of sp³-hybridized carbons (Fsp3) is 0.500. The summed E-state index contributed by atoms with van der Waals surface area (Å²) in [4.78, 5) is 16.4. The number of tetrazole rings is 1. The van der Waals surface area contributed by atoms with Crippen LogP contribution in [0.5, 0.6) is 0 Å². The number of aromatic nitrogens is 8. The van der Waals surface area contributed by atoms with Gasteiger partial charge in [0.15, 0.2) is 22.5 Å². The van der Waals surface area contributed by atoms with Gasteiger partial charge in [-0.2, -0.15) is 5.21 Å². The average Bonchev–Trinajstić information content (AvgIpc) is 3.67. The van der Waals surface area contributed by atoms with E-state index in [1.54, 1.807) is 6.92 Å². The lowest BCUT2D eigenvalue weighted by Gasteiger charge is -2.47. The third-order valence-electron chi connectivity index (χ3n) is 7.97. The Morgan fingerprint density at radius 3 is 2.61 bits per heavy atom. The smallest absolute Gasteiger partial charge is 0.270 e. The molecule has 0 unspecified atom stereocenters. The van der Waals surface area contributed by atoms with Crippen molar-refractivity contribution >= 4 is 34.8 Å². The Hall–Kier alpha value is -3.39. The van der Waals surface area contributed by atoms with E-state index in [9.17, 15) is 0 Å². The molecular formula is C26H32Cl2N12O. The summed E-state index contributed by atoms with van der Waals surface area (Å²) in [6.07, 6.45) is 3.23. The lowest BCUT2D eigenvalue weighted by molar-refractivity contribution is 0.0611. The van der Waals surface area contributed by atoms with Crippen LogP contribution in [-0.4, -0.2) is 95.4 Å². The molecule has 0 aliphatic carbocycles. The van der Waals surface area contributed by atoms with Crippen molar-refractivity contribution in [3.63, 3.8) is 0 Å². The maximum Gasteiger partial charge on any atom is 0.270 e. The van der Waals surface area contributed by atoms with Crippen molar-refractivity contribution in [1.82, 2.24) is 50.6 Å². The van der Waals surface area contributed by atoms with Crippen molar-refractivity contribution in [2.75, 3.05) is 43.4 Å². The monoisotopic (exact) mass is 598 g/mol. The lowest BCUT2D eigenvalue weighted by Crippen LogP contribution is -2.58. The number of nitrogens with two attached hydrogens (primary N) is 1. The van der Waals surface area contributed by atoms with E-state index in [0.717, 1.165) is 69.7 Å². The predicted molar refractivity (Wildman–Crippen MR) is 155 cm³/mol. The Labute approximate surface area is 247 Å². The zero-order valence-electron chi connectivity index (χ0n) is 23.0. The van der Waals surface area contributed by atoms with Gasteiger partial charge >= 0.3 is 0 Å². The zero-order chi connectivity index (χ0) is 28.5. The molecule has 0 spiro atoms. The molecule has 2 aliphatic rings. The van der Waals surface area contributed by atoms with Gasteiger partial charge in [-0.25, -0.2) is 9.97 Å². The van der Waals surface area contributed by atoms with Gasteiger partial charge < -0.3 is 15.1 Å². The van der Waals surface area contributed by atoms with Gasteiger partial charge in [-0.05, 0) is 55.3 Å². The van der Waals surface area contributed by atoms with Crippen LogP contribution >= 0.6 is 23.2 Å². The maximum absolute atomic E-state index is 6.60. The van der Waals surface area contributed by atoms with Crippen LogP contribution in [0.15, 0.2) is 22.6 Å². The van der Waals surface area contributed by atoms with E-state index in [1.165, 1.54) is 0 Å². The number of halogens is 2. The molecule has 3 N–H and O–H groups in total. The minimum Gasteiger partial charge on any atom is -0.420 e. The first-order valence-corrected chi connectivity index (χ1v) is 14.5. The van der Waals surface area contributed by atoms with Gasteiger partial charge in [0.25, 0.3) is 5.89 Å². The lowest BCUT2D eigenvalue weighted by atomic mass is 9.97. The van der Waals surface area contributed by atoms with Gasteiger partial charge in [-0.15, -0.1) is 20.4 Å². The summed E-state index contributed by atoms with van der Waals surface area (Å²) in [5.74, 6) is 2.02. The van der Waals surface area contributed by atoms with E-state index in [4.69, 9.17) is 33.4 Å². The van der Waals surface area contributed by atoms with Crippen LogP contribution < -0.4 is 10.6 Å². The summed E-state index contributed by atoms with van der Waals surface area (Å²) >= 11 is 12.9. The molecule has 0 bridgehead atoms. The highest BCUT2D eigenvalue weighted by Crippen LogP contribution is 2.33. The molecule has 41 heavy (non-hydrogen) atoms. The van der Waals surface area contributed by atoms with Gasteiger partial charge in [0.2, 0.25) is 11.7 Å². The number of aryl methyl sites for hydroxylation is 1. The molecule has 2 fully saturated rings. The molecule has 4 aromatic rings. The minimum atomic E-state index is 0.214. The quantitative estimate of drug-likeness (QED) is 0.320. The Kier molecular flexibility index (Phi) is 8.02. The molecule has 3 aromatic heterocycles. The molecule has 216 valence electrons. The van der Waals surface area contributed by atoms with Gasteiger partial charge in [0.1, 0.15) is 0 Å². The van der Waals surface area contributed by atoms with Crippen molar-refractivity contribution in [2.45, 2.75) is 51.7 Å². The molecule has 1 aromatic carbocycles. The summed E-state index contributed by atoms with van der Waals surface area (Å²) in [6.45, 7) is 9.31. The third kappa shape index (κ3) is 5.85. The number of nitrogen functional groups attached to an aromatic ring is 1. The number of hydrogen-bond donors (Lipinski definition) is 2. The molecule has 2 saturated heterocycles. The van der Waals surface area contributed by atoms with Gasteiger partial charge in [-0.3, -0.25) is 9.80 Å². The highest BCUT2D eigenvalue weighted by molar-refractivity contribution is 6.32. The highest BCUT2D eigenvalue weighted by atomic mass is 35.5. The van der Waals surface area contributed by atoms with Crippen LogP contribution in [0.4, 0.5) is 11.6 Å². The molecule has 2 aliphatic heterocycles. The first kappa shape index (κ1) is 27.8. The van der Waals surface area contributed by atoms with E-state index >= 15 is 0 Å². The van der Waals surface area contributed by atoms with E-state index in [2.05, 4.69) is 68.5 Å². The second-order valence-corrected chi connectivity index (χ2v) is 11.3. The Morgan fingerprint density at radius 2 is 1.90 bits per heavy atom. The van der Waals surface area contributed by atoms with Gasteiger partial charge in [0, 0.05) is 55.8 Å². The highest BCUT2D eigenvalue weighted by Gasteiger charge is 2.34. The second-order valence-electron chi connectivity index (χ2n) is 10.5. The number of anilines is 2. The number of hydrogen-bond acceptors (Lipinski definition) is 12. The van der Waals surface area contributed by atoms with E-state index in [-0.39, 0.29) is 16.9 Å². The Balaban J connectivity index is 1.09. The Bertz CT molecular complexity index is 1490. The van der Waals surface area contributed by atoms with Gasteiger partial charge in [-0.1, -0.05) is 36.2 Å². The van der Waals surface area contributed by atoms with Crippen LogP contribution in [0.25, 0.3) is 23.0 Å². The normalized spacial score (nSPS) is 19.2. The molecule has 6 rings (SSSR count). The van der Waals surface area contributed by atoms with Crippen LogP contribution in [0.3, 0.4) is 0 Å². The fourth-order valence-electron chi connectivity index (χ4n) is 5.90. The topological polar surface area (TPSA) is 155 Å². The average molecular weight is 600 g/mol. The molecule has 0 radical (unpaired) electrons. The van der Waals surface area contributed by atoms with Crippen LogP contribution in [-0.2, 0) is 6.54 Å². The van der Waals surface area contributed by atoms with Crippen molar-refractivity contribution in [1.29, 1.82) is 0 Å². The van der Waals surface area contributed by atoms with Crippen LogP contribution in [0, 0.1) is 6.92 Å². The van der Waals surface area contributed by atoms with Crippen molar-refractivity contribution in [3.8, 4) is 23.0 Å². The first-order chi connectivity index (χ1) is 19.9. The van der Waals surface area contributed by atoms with Gasteiger partial charge in [0.05, 0.1) is 0 Å². The standard InChI is InChI=1S/C26H32Cl2N12O/c1-3-18-14-39(25-22(28)30-21(23(29)31-25)26-35-32-15(2)41-26)10-11-40(18)19-6-8-38(9-7-19)13-16-4-5-17(27)12-20(16)24-33-36-37-34-24/h4-5,12,18-19H,3,6-11,13-14H2,1-2H3,(H2,29,31)(H,33,34,36,37)/t18-/m0/s1. The number of aromatic amines is 1. The summed E-state index contributed by atoms with van der Waals surface area (Å²) < 4.78 is 5.47. The number of benzene rings is 1. The molecular weight excluding hydrogens is 567 g/mol. The summed E-state index contributed by atoms with van der Waals surface area (Å²) in [5, 5.41) is 23.4. The van der Waals surface area contributed by atoms with Crippen molar-refractivity contribution in [3.05, 3.63) is 39.8 Å². The van der Waals surface area contributed by atoms with E-state index in [0.29, 0.717) is 40.3 Å². The number of nitrogens with one attached hydrogen (secondary N) is 1. The number of piperidine rings is 1. The number of rotatable bonds is 7. The Morgan fingerprint density at radius 1 is 1.07 bits per heavy atom. The van der Waals surface area contributed by atoms with Crippen LogP contribution in [0.2, 0.25) is 10.2 Å². The molecule has 15 heteroatoms. The molecule has 13 nitrogen and oxygen atoms in total.